The summed E-state index contributed by atoms with van der Waals surface area (Å²) in [4.78, 5) is 28.9. The molecule has 0 fully saturated rings. The van der Waals surface area contributed by atoms with Crippen LogP contribution in [0, 0.1) is 0 Å². The van der Waals surface area contributed by atoms with Crippen LogP contribution in [0.2, 0.25) is 0 Å². The Labute approximate surface area is 185 Å². The van der Waals surface area contributed by atoms with Gasteiger partial charge in [-0.05, 0) is 48.5 Å². The Balaban J connectivity index is 1.23. The van der Waals surface area contributed by atoms with Crippen LogP contribution < -0.4 is 16.0 Å². The summed E-state index contributed by atoms with van der Waals surface area (Å²) in [5.74, 6) is 0.344. The van der Waals surface area contributed by atoms with Gasteiger partial charge in [-0.2, -0.15) is 0 Å². The number of nitrogens with zero attached hydrogens (tertiary/aromatic N) is 1. The molecule has 0 unspecified atom stereocenters. The van der Waals surface area contributed by atoms with E-state index in [0.29, 0.717) is 30.1 Å². The van der Waals surface area contributed by atoms with Crippen molar-refractivity contribution in [2.75, 3.05) is 17.2 Å². The normalized spacial score (nSPS) is 10.4. The van der Waals surface area contributed by atoms with Crippen molar-refractivity contribution in [1.29, 1.82) is 0 Å². The number of hydrogen-bond acceptors (Lipinski definition) is 4. The van der Waals surface area contributed by atoms with Crippen LogP contribution in [-0.2, 0) is 6.42 Å². The zero-order chi connectivity index (χ0) is 22.2. The topological polar surface area (TPSA) is 96.3 Å². The molecule has 0 aliphatic rings. The highest BCUT2D eigenvalue weighted by Gasteiger charge is 2.09. The van der Waals surface area contributed by atoms with Crippen LogP contribution in [0.15, 0.2) is 95.6 Å². The zero-order valence-corrected chi connectivity index (χ0v) is 17.2. The molecule has 0 bridgehead atoms. The van der Waals surface area contributed by atoms with Crippen molar-refractivity contribution in [1.82, 2.24) is 10.3 Å². The number of para-hydroxylation sites is 1. The van der Waals surface area contributed by atoms with Gasteiger partial charge in [0.15, 0.2) is 0 Å². The maximum atomic E-state index is 12.3. The molecule has 4 aromatic rings. The minimum Gasteiger partial charge on any atom is -0.444 e. The maximum Gasteiger partial charge on any atom is 0.319 e. The number of aromatic nitrogens is 1. The molecule has 1 heterocycles. The van der Waals surface area contributed by atoms with Gasteiger partial charge in [0, 0.05) is 35.5 Å². The fourth-order valence-electron chi connectivity index (χ4n) is 3.04. The third kappa shape index (κ3) is 5.60. The number of oxazole rings is 1. The van der Waals surface area contributed by atoms with Gasteiger partial charge in [0.25, 0.3) is 5.91 Å². The first-order valence-corrected chi connectivity index (χ1v) is 10.2. The lowest BCUT2D eigenvalue weighted by Gasteiger charge is -2.08. The monoisotopic (exact) mass is 426 g/mol. The van der Waals surface area contributed by atoms with Crippen LogP contribution in [0.3, 0.4) is 0 Å². The number of nitrogens with one attached hydrogen (secondary N) is 3. The smallest absolute Gasteiger partial charge is 0.319 e. The summed E-state index contributed by atoms with van der Waals surface area (Å²) in [6.45, 7) is 0.407. The van der Waals surface area contributed by atoms with Crippen LogP contribution >= 0.6 is 0 Å². The van der Waals surface area contributed by atoms with E-state index in [1.54, 1.807) is 30.5 Å². The first-order chi connectivity index (χ1) is 15.7. The van der Waals surface area contributed by atoms with Gasteiger partial charge in [-0.15, -0.1) is 0 Å². The molecule has 7 heteroatoms. The van der Waals surface area contributed by atoms with Crippen LogP contribution in [0.4, 0.5) is 16.2 Å². The summed E-state index contributed by atoms with van der Waals surface area (Å²) in [6.07, 6.45) is 2.14. The number of benzene rings is 3. The highest BCUT2D eigenvalue weighted by Crippen LogP contribution is 2.18. The van der Waals surface area contributed by atoms with Crippen LogP contribution in [0.25, 0.3) is 11.5 Å². The van der Waals surface area contributed by atoms with E-state index in [2.05, 4.69) is 20.9 Å². The lowest BCUT2D eigenvalue weighted by molar-refractivity contribution is 0.102. The molecular weight excluding hydrogens is 404 g/mol. The van der Waals surface area contributed by atoms with Crippen molar-refractivity contribution in [2.45, 2.75) is 6.42 Å². The summed E-state index contributed by atoms with van der Waals surface area (Å²) in [7, 11) is 0. The molecule has 0 spiro atoms. The van der Waals surface area contributed by atoms with E-state index in [-0.39, 0.29) is 11.9 Å². The fourth-order valence-corrected chi connectivity index (χ4v) is 3.04. The van der Waals surface area contributed by atoms with E-state index in [0.717, 1.165) is 16.9 Å². The molecule has 3 N–H and O–H groups in total. The SMILES string of the molecule is O=C(NCCc1coc(-c2ccccc2)n1)Nc1ccc(C(=O)Nc2ccccc2)cc1. The molecule has 32 heavy (non-hydrogen) atoms. The highest BCUT2D eigenvalue weighted by molar-refractivity contribution is 6.04. The molecule has 0 saturated carbocycles. The number of carbonyl (C=O) groups excluding carboxylic acids is 2. The van der Waals surface area contributed by atoms with Gasteiger partial charge < -0.3 is 20.4 Å². The van der Waals surface area contributed by atoms with Gasteiger partial charge in [0.2, 0.25) is 5.89 Å². The number of amides is 3. The Kier molecular flexibility index (Phi) is 6.57. The molecule has 0 aliphatic heterocycles. The molecule has 0 aliphatic carbocycles. The van der Waals surface area contributed by atoms with E-state index in [9.17, 15) is 9.59 Å². The maximum absolute atomic E-state index is 12.3. The Morgan fingerprint density at radius 1 is 0.781 bits per heavy atom. The highest BCUT2D eigenvalue weighted by atomic mass is 16.3. The Bertz CT molecular complexity index is 1170. The summed E-state index contributed by atoms with van der Waals surface area (Å²) in [5.41, 5.74) is 3.48. The molecule has 3 aromatic carbocycles. The summed E-state index contributed by atoms with van der Waals surface area (Å²) in [5, 5.41) is 8.36. The zero-order valence-electron chi connectivity index (χ0n) is 17.2. The molecule has 7 nitrogen and oxygen atoms in total. The minimum atomic E-state index is -0.335. The molecular formula is C25H22N4O3. The van der Waals surface area contributed by atoms with Gasteiger partial charge in [0.05, 0.1) is 5.69 Å². The van der Waals surface area contributed by atoms with Crippen molar-refractivity contribution in [3.63, 3.8) is 0 Å². The van der Waals surface area contributed by atoms with Crippen molar-refractivity contribution < 1.29 is 14.0 Å². The Morgan fingerprint density at radius 2 is 1.44 bits per heavy atom. The second-order valence-corrected chi connectivity index (χ2v) is 7.04. The van der Waals surface area contributed by atoms with E-state index in [1.807, 2.05) is 60.7 Å². The van der Waals surface area contributed by atoms with Gasteiger partial charge in [-0.25, -0.2) is 9.78 Å². The molecule has 1 aromatic heterocycles. The van der Waals surface area contributed by atoms with Gasteiger partial charge in [0.1, 0.15) is 6.26 Å². The van der Waals surface area contributed by atoms with Crippen LogP contribution in [-0.4, -0.2) is 23.5 Å². The summed E-state index contributed by atoms with van der Waals surface area (Å²) in [6, 6.07) is 25.2. The molecule has 0 atom stereocenters. The van der Waals surface area contributed by atoms with E-state index in [4.69, 9.17) is 4.42 Å². The van der Waals surface area contributed by atoms with Crippen LogP contribution in [0.1, 0.15) is 16.1 Å². The molecule has 4 rings (SSSR count). The Morgan fingerprint density at radius 3 is 2.16 bits per heavy atom. The molecule has 3 amide bonds. The summed E-state index contributed by atoms with van der Waals surface area (Å²) >= 11 is 0. The second-order valence-electron chi connectivity index (χ2n) is 7.04. The van der Waals surface area contributed by atoms with Crippen molar-refractivity contribution in [2.24, 2.45) is 0 Å². The number of hydrogen-bond donors (Lipinski definition) is 3. The van der Waals surface area contributed by atoms with E-state index in [1.165, 1.54) is 0 Å². The first kappa shape index (κ1) is 20.9. The average molecular weight is 426 g/mol. The largest absolute Gasteiger partial charge is 0.444 e. The van der Waals surface area contributed by atoms with Gasteiger partial charge in [-0.1, -0.05) is 36.4 Å². The minimum absolute atomic E-state index is 0.213. The van der Waals surface area contributed by atoms with Crippen LogP contribution in [0.5, 0.6) is 0 Å². The van der Waals surface area contributed by atoms with Gasteiger partial charge >= 0.3 is 6.03 Å². The predicted octanol–water partition coefficient (Wildman–Crippen LogP) is 4.96. The first-order valence-electron chi connectivity index (χ1n) is 10.2. The third-order valence-electron chi connectivity index (χ3n) is 4.68. The van der Waals surface area contributed by atoms with Crippen molar-refractivity contribution in [3.8, 4) is 11.5 Å². The standard InChI is InChI=1S/C25H22N4O3/c30-23(27-20-9-5-2-6-10-20)18-11-13-21(14-12-18)29-25(31)26-16-15-22-17-32-24(28-22)19-7-3-1-4-8-19/h1-14,17H,15-16H2,(H,27,30)(H2,26,29,31). The quantitative estimate of drug-likeness (QED) is 0.389. The van der Waals surface area contributed by atoms with E-state index < -0.39 is 0 Å². The molecule has 0 radical (unpaired) electrons. The van der Waals surface area contributed by atoms with E-state index >= 15 is 0 Å². The molecule has 160 valence electrons. The van der Waals surface area contributed by atoms with Gasteiger partial charge in [-0.3, -0.25) is 4.79 Å². The fraction of sp³-hybridized carbons (Fsp3) is 0.0800. The predicted molar refractivity (Wildman–Crippen MR) is 124 cm³/mol. The number of carbonyl (C=O) groups is 2. The van der Waals surface area contributed by atoms with Crippen molar-refractivity contribution in [3.05, 3.63) is 102 Å². The third-order valence-corrected chi connectivity index (χ3v) is 4.68. The lowest BCUT2D eigenvalue weighted by Crippen LogP contribution is -2.30. The average Bonchev–Trinajstić information content (AvgIpc) is 3.30. The van der Waals surface area contributed by atoms with Crippen molar-refractivity contribution >= 4 is 23.3 Å². The number of urea groups is 1. The second kappa shape index (κ2) is 10.1. The lowest BCUT2D eigenvalue weighted by atomic mass is 10.2. The number of anilines is 2. The molecule has 0 saturated heterocycles. The number of rotatable bonds is 7. The summed E-state index contributed by atoms with van der Waals surface area (Å²) < 4.78 is 5.50. The Hall–Kier alpha value is -4.39.